The van der Waals surface area contributed by atoms with Gasteiger partial charge in [-0.1, -0.05) is 12.1 Å². The molecule has 0 saturated carbocycles. The summed E-state index contributed by atoms with van der Waals surface area (Å²) in [6, 6.07) is 6.50. The number of phenolic OH excluding ortho intramolecular Hbond substituents is 1. The minimum absolute atomic E-state index is 0.000958. The van der Waals surface area contributed by atoms with Gasteiger partial charge in [0.15, 0.2) is 0 Å². The third-order valence-corrected chi connectivity index (χ3v) is 2.58. The maximum absolute atomic E-state index is 11.7. The highest BCUT2D eigenvalue weighted by molar-refractivity contribution is 5.96. The van der Waals surface area contributed by atoms with Crippen LogP contribution >= 0.6 is 0 Å². The van der Waals surface area contributed by atoms with Crippen molar-refractivity contribution < 1.29 is 9.90 Å². The van der Waals surface area contributed by atoms with Gasteiger partial charge in [-0.3, -0.25) is 4.79 Å². The number of H-pyrrole nitrogens is 1. The van der Waals surface area contributed by atoms with E-state index in [9.17, 15) is 9.90 Å². The van der Waals surface area contributed by atoms with Crippen molar-refractivity contribution in [3.05, 3.63) is 48.0 Å². The number of carbonyl (C=O) groups excluding carboxylic acids is 1. The van der Waals surface area contributed by atoms with E-state index in [-0.39, 0.29) is 11.7 Å². The topological polar surface area (TPSA) is 78.0 Å². The number of benzene rings is 1. The molecule has 0 spiro atoms. The minimum atomic E-state index is -0.257. The molecular weight excluding hydrogens is 230 g/mol. The summed E-state index contributed by atoms with van der Waals surface area (Å²) in [6.07, 6.45) is 5.06. The first-order valence-electron chi connectivity index (χ1n) is 5.82. The zero-order valence-corrected chi connectivity index (χ0v) is 9.89. The molecule has 0 aliphatic heterocycles. The van der Waals surface area contributed by atoms with Crippen molar-refractivity contribution in [2.75, 3.05) is 6.54 Å². The quantitative estimate of drug-likeness (QED) is 0.698. The number of hydrogen-bond donors (Lipinski definition) is 3. The lowest BCUT2D eigenvalue weighted by molar-refractivity contribution is 0.0950. The largest absolute Gasteiger partial charge is 0.507 e. The van der Waals surface area contributed by atoms with Gasteiger partial charge in [0, 0.05) is 25.4 Å². The van der Waals surface area contributed by atoms with Gasteiger partial charge in [-0.15, -0.1) is 0 Å². The fourth-order valence-corrected chi connectivity index (χ4v) is 1.65. The molecular formula is C13H15N3O2. The maximum atomic E-state index is 11.7. The number of rotatable bonds is 5. The summed E-state index contributed by atoms with van der Waals surface area (Å²) >= 11 is 0. The molecule has 94 valence electrons. The summed E-state index contributed by atoms with van der Waals surface area (Å²) in [5.74, 6) is 0.653. The molecule has 3 N–H and O–H groups in total. The average Bonchev–Trinajstić information content (AvgIpc) is 2.88. The molecule has 0 unspecified atom stereocenters. The van der Waals surface area contributed by atoms with Crippen LogP contribution in [-0.4, -0.2) is 27.5 Å². The number of hydrogen-bond acceptors (Lipinski definition) is 3. The van der Waals surface area contributed by atoms with E-state index in [4.69, 9.17) is 0 Å². The smallest absolute Gasteiger partial charge is 0.255 e. The van der Waals surface area contributed by atoms with Gasteiger partial charge in [-0.2, -0.15) is 0 Å². The van der Waals surface area contributed by atoms with E-state index >= 15 is 0 Å². The number of aromatic amines is 1. The molecule has 5 heteroatoms. The van der Waals surface area contributed by atoms with Gasteiger partial charge in [0.2, 0.25) is 0 Å². The highest BCUT2D eigenvalue weighted by atomic mass is 16.3. The molecule has 0 aliphatic carbocycles. The number of nitrogens with one attached hydrogen (secondary N) is 2. The zero-order chi connectivity index (χ0) is 12.8. The van der Waals surface area contributed by atoms with E-state index in [1.165, 1.54) is 6.07 Å². The van der Waals surface area contributed by atoms with Gasteiger partial charge in [-0.25, -0.2) is 4.98 Å². The summed E-state index contributed by atoms with van der Waals surface area (Å²) in [5.41, 5.74) is 0.301. The van der Waals surface area contributed by atoms with Crippen molar-refractivity contribution in [1.82, 2.24) is 15.3 Å². The molecule has 1 amide bonds. The minimum Gasteiger partial charge on any atom is -0.507 e. The van der Waals surface area contributed by atoms with Crippen molar-refractivity contribution in [1.29, 1.82) is 0 Å². The predicted octanol–water partition coefficient (Wildman–Crippen LogP) is 1.48. The van der Waals surface area contributed by atoms with Crippen LogP contribution in [0.2, 0.25) is 0 Å². The van der Waals surface area contributed by atoms with Gasteiger partial charge in [0.1, 0.15) is 11.6 Å². The molecule has 1 heterocycles. The SMILES string of the molecule is O=C(NCCCc1ncc[nH]1)c1ccccc1O. The predicted molar refractivity (Wildman–Crippen MR) is 67.3 cm³/mol. The molecule has 18 heavy (non-hydrogen) atoms. The van der Waals surface area contributed by atoms with Gasteiger partial charge in [-0.05, 0) is 18.6 Å². The molecule has 0 bridgehead atoms. The molecule has 2 aromatic rings. The lowest BCUT2D eigenvalue weighted by atomic mass is 10.2. The molecule has 0 fully saturated rings. The Kier molecular flexibility index (Phi) is 3.96. The van der Waals surface area contributed by atoms with Gasteiger partial charge < -0.3 is 15.4 Å². The van der Waals surface area contributed by atoms with Crippen molar-refractivity contribution >= 4 is 5.91 Å². The zero-order valence-electron chi connectivity index (χ0n) is 9.89. The number of para-hydroxylation sites is 1. The van der Waals surface area contributed by atoms with E-state index in [1.54, 1.807) is 30.6 Å². The summed E-state index contributed by atoms with van der Waals surface area (Å²) in [4.78, 5) is 18.8. The Hall–Kier alpha value is -2.30. The van der Waals surface area contributed by atoms with E-state index in [1.807, 2.05) is 0 Å². The Bertz CT molecular complexity index is 509. The second-order valence-electron chi connectivity index (χ2n) is 3.91. The number of nitrogens with zero attached hydrogens (tertiary/aromatic N) is 1. The van der Waals surface area contributed by atoms with Gasteiger partial charge >= 0.3 is 0 Å². The number of carbonyl (C=O) groups is 1. The van der Waals surface area contributed by atoms with Crippen LogP contribution in [0.4, 0.5) is 0 Å². The molecule has 0 atom stereocenters. The Balaban J connectivity index is 1.77. The number of aryl methyl sites for hydroxylation is 1. The second-order valence-corrected chi connectivity index (χ2v) is 3.91. The Labute approximate surface area is 105 Å². The van der Waals surface area contributed by atoms with Crippen molar-refractivity contribution in [2.24, 2.45) is 0 Å². The van der Waals surface area contributed by atoms with Crippen LogP contribution in [0, 0.1) is 0 Å². The van der Waals surface area contributed by atoms with Gasteiger partial charge in [0.25, 0.3) is 5.91 Å². The second kappa shape index (κ2) is 5.86. The number of imidazole rings is 1. The lowest BCUT2D eigenvalue weighted by Gasteiger charge is -2.05. The Morgan fingerprint density at radius 2 is 2.22 bits per heavy atom. The van der Waals surface area contributed by atoms with Crippen LogP contribution in [0.5, 0.6) is 5.75 Å². The maximum Gasteiger partial charge on any atom is 0.255 e. The van der Waals surface area contributed by atoms with Crippen molar-refractivity contribution in [3.63, 3.8) is 0 Å². The monoisotopic (exact) mass is 245 g/mol. The summed E-state index contributed by atoms with van der Waals surface area (Å²) < 4.78 is 0. The first-order valence-corrected chi connectivity index (χ1v) is 5.82. The van der Waals surface area contributed by atoms with E-state index in [0.717, 1.165) is 18.7 Å². The number of phenols is 1. The Morgan fingerprint density at radius 1 is 1.39 bits per heavy atom. The molecule has 0 aliphatic rings. The van der Waals surface area contributed by atoms with Crippen LogP contribution in [-0.2, 0) is 6.42 Å². The van der Waals surface area contributed by atoms with Crippen LogP contribution in [0.1, 0.15) is 22.6 Å². The molecule has 1 aromatic heterocycles. The van der Waals surface area contributed by atoms with E-state index in [2.05, 4.69) is 15.3 Å². The molecule has 2 rings (SSSR count). The first-order chi connectivity index (χ1) is 8.77. The van der Waals surface area contributed by atoms with Crippen molar-refractivity contribution in [3.8, 4) is 5.75 Å². The average molecular weight is 245 g/mol. The van der Waals surface area contributed by atoms with Crippen LogP contribution in [0.25, 0.3) is 0 Å². The standard InChI is InChI=1S/C13H15N3O2/c17-11-5-2-1-4-10(11)13(18)16-7-3-6-12-14-8-9-15-12/h1-2,4-5,8-9,17H,3,6-7H2,(H,14,15)(H,16,18). The fourth-order valence-electron chi connectivity index (χ4n) is 1.65. The number of amides is 1. The third kappa shape index (κ3) is 3.10. The highest BCUT2D eigenvalue weighted by Gasteiger charge is 2.08. The summed E-state index contributed by atoms with van der Waals surface area (Å²) in [7, 11) is 0. The number of aromatic hydroxyl groups is 1. The molecule has 1 aromatic carbocycles. The van der Waals surface area contributed by atoms with E-state index in [0.29, 0.717) is 12.1 Å². The van der Waals surface area contributed by atoms with Crippen molar-refractivity contribution in [2.45, 2.75) is 12.8 Å². The van der Waals surface area contributed by atoms with Gasteiger partial charge in [0.05, 0.1) is 5.56 Å². The lowest BCUT2D eigenvalue weighted by Crippen LogP contribution is -2.24. The Morgan fingerprint density at radius 3 is 2.94 bits per heavy atom. The summed E-state index contributed by atoms with van der Waals surface area (Å²) in [5, 5.41) is 12.3. The third-order valence-electron chi connectivity index (χ3n) is 2.58. The van der Waals surface area contributed by atoms with Crippen LogP contribution in [0.15, 0.2) is 36.7 Å². The fraction of sp³-hybridized carbons (Fsp3) is 0.231. The van der Waals surface area contributed by atoms with E-state index < -0.39 is 0 Å². The summed E-state index contributed by atoms with van der Waals surface area (Å²) in [6.45, 7) is 0.549. The van der Waals surface area contributed by atoms with Crippen LogP contribution in [0.3, 0.4) is 0 Å². The number of aromatic nitrogens is 2. The molecule has 5 nitrogen and oxygen atoms in total. The molecule has 0 radical (unpaired) electrons. The normalized spacial score (nSPS) is 10.2. The highest BCUT2D eigenvalue weighted by Crippen LogP contribution is 2.14. The first kappa shape index (κ1) is 12.2. The van der Waals surface area contributed by atoms with Crippen LogP contribution < -0.4 is 5.32 Å². The molecule has 0 saturated heterocycles.